The Morgan fingerprint density at radius 2 is 1.84 bits per heavy atom. The number of hydrogen-bond donors (Lipinski definition) is 2. The summed E-state index contributed by atoms with van der Waals surface area (Å²) in [5.74, 6) is -0.0509. The highest BCUT2D eigenvalue weighted by atomic mass is 19.4. The van der Waals surface area contributed by atoms with Crippen molar-refractivity contribution in [2.45, 2.75) is 71.2 Å². The van der Waals surface area contributed by atoms with E-state index in [1.165, 1.54) is 16.8 Å². The van der Waals surface area contributed by atoms with Crippen LogP contribution in [0, 0.1) is 12.3 Å². The molecule has 2 aromatic heterocycles. The topological polar surface area (TPSA) is 120 Å². The molecule has 2 aromatic carbocycles. The van der Waals surface area contributed by atoms with Crippen LogP contribution < -0.4 is 20.7 Å². The van der Waals surface area contributed by atoms with Crippen molar-refractivity contribution in [1.82, 2.24) is 25.1 Å². The highest BCUT2D eigenvalue weighted by Gasteiger charge is 2.46. The summed E-state index contributed by atoms with van der Waals surface area (Å²) in [6, 6.07) is 15.6. The molecule has 0 amide bonds. The van der Waals surface area contributed by atoms with E-state index < -0.39 is 12.3 Å². The number of benzene rings is 2. The summed E-state index contributed by atoms with van der Waals surface area (Å²) in [7, 11) is 0. The molecule has 1 spiro atoms. The first-order chi connectivity index (χ1) is 23.3. The monoisotopic (exact) mass is 677 g/mol. The number of anilines is 2. The second-order valence-electron chi connectivity index (χ2n) is 13.3. The van der Waals surface area contributed by atoms with Crippen molar-refractivity contribution in [2.75, 3.05) is 36.9 Å². The number of nitrogens with two attached hydrogens (primary N) is 1. The minimum absolute atomic E-state index is 0.0727. The largest absolute Gasteiger partial charge is 0.465 e. The minimum atomic E-state index is -4.81. The Morgan fingerprint density at radius 3 is 2.51 bits per heavy atom. The molecule has 1 unspecified atom stereocenters. The van der Waals surface area contributed by atoms with E-state index in [4.69, 9.17) is 15.2 Å². The summed E-state index contributed by atoms with van der Waals surface area (Å²) in [6.45, 7) is 9.93. The number of halogens is 3. The number of esters is 1. The van der Waals surface area contributed by atoms with Gasteiger partial charge in [0.25, 0.3) is 0 Å². The molecule has 2 aliphatic rings. The molecule has 4 aromatic rings. The molecule has 2 atom stereocenters. The van der Waals surface area contributed by atoms with E-state index in [1.54, 1.807) is 38.2 Å². The summed E-state index contributed by atoms with van der Waals surface area (Å²) in [5, 5.41) is 7.74. The van der Waals surface area contributed by atoms with Gasteiger partial charge < -0.3 is 25.4 Å². The van der Waals surface area contributed by atoms with Gasteiger partial charge in [0, 0.05) is 37.5 Å². The Kier molecular flexibility index (Phi) is 9.56. The summed E-state index contributed by atoms with van der Waals surface area (Å²) in [6.07, 6.45) is -3.35. The predicted molar refractivity (Wildman–Crippen MR) is 181 cm³/mol. The molecule has 0 aliphatic carbocycles. The number of aromatic nitrogens is 4. The number of nitrogen functional groups attached to an aromatic ring is 1. The SMILES string of the molecule is CCOC(=O)C1CC2(CCN(c3cc(O[C@H](c4ccc(-c5cccc(C(C)C)c5)cc4-n4ccc(C)n4)C(F)(F)F)nc(N)n3)CC2)CN1. The van der Waals surface area contributed by atoms with Gasteiger partial charge in [-0.3, -0.25) is 4.79 Å². The quantitative estimate of drug-likeness (QED) is 0.190. The number of nitrogens with zero attached hydrogens (tertiary/aromatic N) is 5. The molecule has 0 saturated carbocycles. The highest BCUT2D eigenvalue weighted by Crippen LogP contribution is 2.43. The number of aryl methyl sites for hydroxylation is 1. The first-order valence-corrected chi connectivity index (χ1v) is 16.6. The van der Waals surface area contributed by atoms with E-state index in [0.29, 0.717) is 44.2 Å². The zero-order chi connectivity index (χ0) is 34.9. The van der Waals surface area contributed by atoms with Gasteiger partial charge in [-0.05, 0) is 73.3 Å². The minimum Gasteiger partial charge on any atom is -0.465 e. The fourth-order valence-electron chi connectivity index (χ4n) is 6.77. The average molecular weight is 678 g/mol. The zero-order valence-electron chi connectivity index (χ0n) is 28.1. The fraction of sp³-hybridized carbons (Fsp3) is 0.444. The van der Waals surface area contributed by atoms with Gasteiger partial charge in [0.05, 0.1) is 18.0 Å². The van der Waals surface area contributed by atoms with E-state index in [0.717, 1.165) is 29.5 Å². The van der Waals surface area contributed by atoms with Gasteiger partial charge in [-0.2, -0.15) is 28.2 Å². The Morgan fingerprint density at radius 1 is 1.08 bits per heavy atom. The summed E-state index contributed by atoms with van der Waals surface area (Å²) in [5.41, 5.74) is 9.49. The molecule has 3 N–H and O–H groups in total. The lowest BCUT2D eigenvalue weighted by atomic mass is 9.76. The molecule has 6 rings (SSSR count). The predicted octanol–water partition coefficient (Wildman–Crippen LogP) is 6.54. The van der Waals surface area contributed by atoms with Crippen LogP contribution >= 0.6 is 0 Å². The maximum atomic E-state index is 14.9. The first-order valence-electron chi connectivity index (χ1n) is 16.6. The number of hydrogen-bond acceptors (Lipinski definition) is 9. The Labute approximate surface area is 283 Å². The number of nitrogens with one attached hydrogen (secondary N) is 1. The van der Waals surface area contributed by atoms with Crippen molar-refractivity contribution in [3.05, 3.63) is 77.6 Å². The zero-order valence-corrected chi connectivity index (χ0v) is 28.1. The standard InChI is InChI=1S/C36H42F3N7O3/c1-5-48-33(47)28-20-35(21-41-28)12-15-45(16-13-35)30-19-31(43-34(40)42-30)49-32(36(37,38)39)27-10-9-26(18-29(27)46-14-11-23(4)44-46)25-8-6-7-24(17-25)22(2)3/h6-11,14,17-19,22,28,32,41H,5,12-13,15-16,20-21H2,1-4H3,(H2,40,42,43)/t28?,32-/m1/s1. The molecule has 49 heavy (non-hydrogen) atoms. The summed E-state index contributed by atoms with van der Waals surface area (Å²) in [4.78, 5) is 22.7. The van der Waals surface area contributed by atoms with E-state index in [2.05, 4.69) is 34.2 Å². The van der Waals surface area contributed by atoms with Crippen molar-refractivity contribution < 1.29 is 27.4 Å². The second-order valence-corrected chi connectivity index (χ2v) is 13.3. The maximum absolute atomic E-state index is 14.9. The van der Waals surface area contributed by atoms with Crippen molar-refractivity contribution in [2.24, 2.45) is 5.41 Å². The van der Waals surface area contributed by atoms with E-state index >= 15 is 0 Å². The molecule has 10 nitrogen and oxygen atoms in total. The van der Waals surface area contributed by atoms with E-state index in [-0.39, 0.29) is 46.4 Å². The summed E-state index contributed by atoms with van der Waals surface area (Å²) < 4.78 is 57.2. The van der Waals surface area contributed by atoms with Gasteiger partial charge in [0.15, 0.2) is 0 Å². The smallest absolute Gasteiger partial charge is 0.429 e. The molecule has 2 saturated heterocycles. The van der Waals surface area contributed by atoms with Gasteiger partial charge in [-0.25, -0.2) is 4.68 Å². The number of ether oxygens (including phenoxy) is 2. The van der Waals surface area contributed by atoms with E-state index in [9.17, 15) is 18.0 Å². The third kappa shape index (κ3) is 7.51. The number of rotatable bonds is 9. The molecule has 260 valence electrons. The van der Waals surface area contributed by atoms with Crippen molar-refractivity contribution >= 4 is 17.7 Å². The average Bonchev–Trinajstić information content (AvgIpc) is 3.69. The van der Waals surface area contributed by atoms with Crippen LogP contribution in [0.3, 0.4) is 0 Å². The molecule has 2 fully saturated rings. The third-order valence-corrected chi connectivity index (χ3v) is 9.49. The van der Waals surface area contributed by atoms with Gasteiger partial charge in [-0.15, -0.1) is 0 Å². The van der Waals surface area contributed by atoms with Crippen LogP contribution in [-0.4, -0.2) is 64.2 Å². The Bertz CT molecular complexity index is 1800. The molecular formula is C36H42F3N7O3. The lowest BCUT2D eigenvalue weighted by molar-refractivity contribution is -0.198. The number of alkyl halides is 3. The number of piperidine rings is 1. The number of carbonyl (C=O) groups excluding carboxylic acids is 1. The van der Waals surface area contributed by atoms with Crippen LogP contribution in [0.1, 0.15) is 68.9 Å². The summed E-state index contributed by atoms with van der Waals surface area (Å²) >= 11 is 0. The maximum Gasteiger partial charge on any atom is 0.429 e. The van der Waals surface area contributed by atoms with Crippen molar-refractivity contribution in [1.29, 1.82) is 0 Å². The highest BCUT2D eigenvalue weighted by molar-refractivity contribution is 5.76. The first kappa shape index (κ1) is 34.2. The van der Waals surface area contributed by atoms with Crippen LogP contribution in [0.2, 0.25) is 0 Å². The molecular weight excluding hydrogens is 635 g/mol. The third-order valence-electron chi connectivity index (χ3n) is 9.49. The van der Waals surface area contributed by atoms with Gasteiger partial charge in [0.2, 0.25) is 17.9 Å². The van der Waals surface area contributed by atoms with Crippen LogP contribution in [0.25, 0.3) is 16.8 Å². The van der Waals surface area contributed by atoms with Gasteiger partial charge in [-0.1, -0.05) is 50.2 Å². The van der Waals surface area contributed by atoms with Crippen LogP contribution in [-0.2, 0) is 9.53 Å². The van der Waals surface area contributed by atoms with Gasteiger partial charge >= 0.3 is 12.1 Å². The molecule has 2 aliphatic heterocycles. The second kappa shape index (κ2) is 13.7. The van der Waals surface area contributed by atoms with Crippen LogP contribution in [0.5, 0.6) is 5.88 Å². The molecule has 0 bridgehead atoms. The van der Waals surface area contributed by atoms with E-state index in [1.807, 2.05) is 29.2 Å². The fourth-order valence-corrected chi connectivity index (χ4v) is 6.77. The van der Waals surface area contributed by atoms with Crippen LogP contribution in [0.15, 0.2) is 60.8 Å². The Balaban J connectivity index is 1.28. The lowest BCUT2D eigenvalue weighted by Gasteiger charge is -2.39. The molecule has 0 radical (unpaired) electrons. The van der Waals surface area contributed by atoms with Crippen molar-refractivity contribution in [3.63, 3.8) is 0 Å². The molecule has 4 heterocycles. The van der Waals surface area contributed by atoms with Crippen molar-refractivity contribution in [3.8, 4) is 22.7 Å². The molecule has 13 heteroatoms. The Hall–Kier alpha value is -4.65. The number of carbonyl (C=O) groups is 1. The van der Waals surface area contributed by atoms with Crippen LogP contribution in [0.4, 0.5) is 24.9 Å². The lowest BCUT2D eigenvalue weighted by Crippen LogP contribution is -2.41. The normalized spacial score (nSPS) is 18.2. The van der Waals surface area contributed by atoms with Gasteiger partial charge in [0.1, 0.15) is 11.9 Å².